The fourth-order valence-corrected chi connectivity index (χ4v) is 4.45. The first-order chi connectivity index (χ1) is 19.5. The number of aromatic nitrogens is 1. The van der Waals surface area contributed by atoms with E-state index < -0.39 is 0 Å². The van der Waals surface area contributed by atoms with E-state index in [0.29, 0.717) is 51.4 Å². The van der Waals surface area contributed by atoms with Crippen LogP contribution in [0.1, 0.15) is 28.4 Å². The first-order valence-corrected chi connectivity index (χ1v) is 13.0. The molecule has 6 nitrogen and oxygen atoms in total. The van der Waals surface area contributed by atoms with Gasteiger partial charge < -0.3 is 9.47 Å². The van der Waals surface area contributed by atoms with Gasteiger partial charge in [-0.25, -0.2) is 14.8 Å². The van der Waals surface area contributed by atoms with Crippen molar-refractivity contribution in [2.75, 3.05) is 6.61 Å². The summed E-state index contributed by atoms with van der Waals surface area (Å²) in [5.74, 6) is -0.0710. The number of fused-ring (bicyclic) bond motifs is 1. The lowest BCUT2D eigenvalue weighted by molar-refractivity contribution is 0.0956. The molecule has 200 valence electrons. The summed E-state index contributed by atoms with van der Waals surface area (Å²) in [4.78, 5) is 17.9. The van der Waals surface area contributed by atoms with Gasteiger partial charge in [-0.3, -0.25) is 4.79 Å². The van der Waals surface area contributed by atoms with Crippen molar-refractivity contribution >= 4 is 34.6 Å². The number of carbonyl (C=O) groups excluding carboxylic acids is 1. The van der Waals surface area contributed by atoms with Gasteiger partial charge in [-0.05, 0) is 42.8 Å². The van der Waals surface area contributed by atoms with Crippen LogP contribution in [-0.4, -0.2) is 23.7 Å². The number of nitrogens with zero attached hydrogens (tertiary/aromatic N) is 2. The molecule has 5 aromatic rings. The number of carbonyl (C=O) groups is 1. The Kier molecular flexibility index (Phi) is 8.32. The zero-order chi connectivity index (χ0) is 27.9. The molecule has 1 amide bonds. The van der Waals surface area contributed by atoms with Crippen LogP contribution in [0.25, 0.3) is 22.2 Å². The van der Waals surface area contributed by atoms with E-state index >= 15 is 0 Å². The number of para-hydroxylation sites is 1. The van der Waals surface area contributed by atoms with Crippen molar-refractivity contribution in [3.8, 4) is 22.8 Å². The summed E-state index contributed by atoms with van der Waals surface area (Å²) in [6.07, 6.45) is 1.47. The zero-order valence-electron chi connectivity index (χ0n) is 21.6. The Balaban J connectivity index is 1.37. The normalized spacial score (nSPS) is 11.1. The number of nitrogens with one attached hydrogen (secondary N) is 1. The highest BCUT2D eigenvalue weighted by Crippen LogP contribution is 2.37. The van der Waals surface area contributed by atoms with Crippen LogP contribution >= 0.6 is 11.6 Å². The molecule has 0 saturated carbocycles. The van der Waals surface area contributed by atoms with Gasteiger partial charge in [-0.15, -0.1) is 0 Å². The average Bonchev–Trinajstić information content (AvgIpc) is 2.97. The SMILES string of the molecule is CCOc1cc(/C=N/NC(=O)c2cc(-c3ccccc3)nc3ccccc23)cc(Cl)c1OCc1ccccc1F. The summed E-state index contributed by atoms with van der Waals surface area (Å²) in [5, 5.41) is 5.14. The van der Waals surface area contributed by atoms with E-state index in [2.05, 4.69) is 10.5 Å². The minimum atomic E-state index is -0.381. The molecule has 0 fully saturated rings. The Morgan fingerprint density at radius 3 is 2.52 bits per heavy atom. The maximum absolute atomic E-state index is 14.0. The summed E-state index contributed by atoms with van der Waals surface area (Å²) in [7, 11) is 0. The molecular formula is C32H25ClFN3O3. The average molecular weight is 554 g/mol. The van der Waals surface area contributed by atoms with Gasteiger partial charge in [0.05, 0.1) is 34.6 Å². The summed E-state index contributed by atoms with van der Waals surface area (Å²) in [5.41, 5.74) is 6.33. The van der Waals surface area contributed by atoms with Crippen LogP contribution in [0.15, 0.2) is 102 Å². The number of pyridine rings is 1. The van der Waals surface area contributed by atoms with E-state index in [1.165, 1.54) is 12.3 Å². The molecule has 0 spiro atoms. The largest absolute Gasteiger partial charge is 0.490 e. The smallest absolute Gasteiger partial charge is 0.272 e. The summed E-state index contributed by atoms with van der Waals surface area (Å²) >= 11 is 6.50. The van der Waals surface area contributed by atoms with Crippen molar-refractivity contribution in [2.24, 2.45) is 5.10 Å². The van der Waals surface area contributed by atoms with Crippen molar-refractivity contribution in [3.63, 3.8) is 0 Å². The van der Waals surface area contributed by atoms with Crippen LogP contribution in [-0.2, 0) is 6.61 Å². The molecule has 40 heavy (non-hydrogen) atoms. The predicted octanol–water partition coefficient (Wildman–Crippen LogP) is 7.44. The van der Waals surface area contributed by atoms with Gasteiger partial charge in [0.2, 0.25) is 0 Å². The fraction of sp³-hybridized carbons (Fsp3) is 0.0938. The van der Waals surface area contributed by atoms with E-state index in [-0.39, 0.29) is 23.4 Å². The second-order valence-electron chi connectivity index (χ2n) is 8.78. The molecule has 0 unspecified atom stereocenters. The highest BCUT2D eigenvalue weighted by atomic mass is 35.5. The molecule has 0 bridgehead atoms. The number of halogens is 2. The van der Waals surface area contributed by atoms with Crippen LogP contribution in [0, 0.1) is 5.82 Å². The monoisotopic (exact) mass is 553 g/mol. The molecule has 1 heterocycles. The molecule has 5 rings (SSSR count). The number of amides is 1. The molecule has 0 aliphatic carbocycles. The molecule has 4 aromatic carbocycles. The van der Waals surface area contributed by atoms with E-state index in [1.54, 1.807) is 36.4 Å². The first kappa shape index (κ1) is 26.8. The Hall–Kier alpha value is -4.75. The molecule has 1 N–H and O–H groups in total. The van der Waals surface area contributed by atoms with Gasteiger partial charge in [-0.1, -0.05) is 78.3 Å². The molecule has 1 aromatic heterocycles. The van der Waals surface area contributed by atoms with Crippen LogP contribution in [0.5, 0.6) is 11.5 Å². The van der Waals surface area contributed by atoms with Crippen molar-refractivity contribution < 1.29 is 18.7 Å². The van der Waals surface area contributed by atoms with E-state index in [0.717, 1.165) is 5.56 Å². The molecule has 8 heteroatoms. The molecule has 0 radical (unpaired) electrons. The number of ether oxygens (including phenoxy) is 2. The number of hydrogen-bond donors (Lipinski definition) is 1. The number of benzene rings is 4. The maximum atomic E-state index is 14.0. The topological polar surface area (TPSA) is 72.8 Å². The van der Waals surface area contributed by atoms with Crippen molar-refractivity contribution in [1.82, 2.24) is 10.4 Å². The van der Waals surface area contributed by atoms with Gasteiger partial charge in [0.15, 0.2) is 11.5 Å². The second-order valence-corrected chi connectivity index (χ2v) is 9.19. The fourth-order valence-electron chi connectivity index (χ4n) is 4.18. The maximum Gasteiger partial charge on any atom is 0.272 e. The zero-order valence-corrected chi connectivity index (χ0v) is 22.4. The van der Waals surface area contributed by atoms with Gasteiger partial charge in [-0.2, -0.15) is 5.10 Å². The molecule has 0 saturated heterocycles. The van der Waals surface area contributed by atoms with E-state index in [4.69, 9.17) is 26.1 Å². The van der Waals surface area contributed by atoms with Gasteiger partial charge >= 0.3 is 0 Å². The van der Waals surface area contributed by atoms with Gasteiger partial charge in [0.1, 0.15) is 12.4 Å². The Bertz CT molecular complexity index is 1690. The summed E-state index contributed by atoms with van der Waals surface area (Å²) < 4.78 is 25.6. The Morgan fingerprint density at radius 2 is 1.73 bits per heavy atom. The first-order valence-electron chi connectivity index (χ1n) is 12.6. The standard InChI is InChI=1S/C32H25ClFN3O3/c1-2-39-30-17-21(16-26(33)31(30)40-20-23-12-6-8-14-27(23)34)19-35-37-32(38)25-18-29(22-10-4-3-5-11-22)36-28-15-9-7-13-24(25)28/h3-19H,2,20H2,1H3,(H,37,38)/b35-19+. The molecule has 0 aliphatic heterocycles. The van der Waals surface area contributed by atoms with Gasteiger partial charge in [0.25, 0.3) is 5.91 Å². The lowest BCUT2D eigenvalue weighted by Gasteiger charge is -2.14. The lowest BCUT2D eigenvalue weighted by Crippen LogP contribution is -2.18. The van der Waals surface area contributed by atoms with Crippen LogP contribution < -0.4 is 14.9 Å². The van der Waals surface area contributed by atoms with Crippen molar-refractivity contribution in [2.45, 2.75) is 13.5 Å². The van der Waals surface area contributed by atoms with Crippen LogP contribution in [0.4, 0.5) is 4.39 Å². The number of rotatable bonds is 9. The quantitative estimate of drug-likeness (QED) is 0.152. The summed E-state index contributed by atoms with van der Waals surface area (Å²) in [6.45, 7) is 2.18. The lowest BCUT2D eigenvalue weighted by atomic mass is 10.0. The Labute approximate surface area is 236 Å². The molecule has 0 aliphatic rings. The second kappa shape index (κ2) is 12.4. The van der Waals surface area contributed by atoms with E-state index in [9.17, 15) is 9.18 Å². The van der Waals surface area contributed by atoms with Gasteiger partial charge in [0, 0.05) is 16.5 Å². The van der Waals surface area contributed by atoms with E-state index in [1.807, 2.05) is 61.5 Å². The molecular weight excluding hydrogens is 529 g/mol. The highest BCUT2D eigenvalue weighted by Gasteiger charge is 2.15. The highest BCUT2D eigenvalue weighted by molar-refractivity contribution is 6.32. The minimum Gasteiger partial charge on any atom is -0.490 e. The van der Waals surface area contributed by atoms with Crippen LogP contribution in [0.3, 0.4) is 0 Å². The Morgan fingerprint density at radius 1 is 0.975 bits per heavy atom. The van der Waals surface area contributed by atoms with Crippen molar-refractivity contribution in [1.29, 1.82) is 0 Å². The molecule has 0 atom stereocenters. The number of hydrogen-bond acceptors (Lipinski definition) is 5. The number of hydrazone groups is 1. The van der Waals surface area contributed by atoms with Crippen molar-refractivity contribution in [3.05, 3.63) is 125 Å². The minimum absolute atomic E-state index is 0.0131. The third-order valence-corrected chi connectivity index (χ3v) is 6.35. The third kappa shape index (κ3) is 6.11. The predicted molar refractivity (Wildman–Crippen MR) is 156 cm³/mol. The third-order valence-electron chi connectivity index (χ3n) is 6.07. The van der Waals surface area contributed by atoms with Crippen LogP contribution in [0.2, 0.25) is 5.02 Å². The summed E-state index contributed by atoms with van der Waals surface area (Å²) in [6, 6.07) is 28.6.